The van der Waals surface area contributed by atoms with Crippen molar-refractivity contribution in [1.29, 1.82) is 0 Å². The number of rotatable bonds is 3. The van der Waals surface area contributed by atoms with Crippen LogP contribution in [-0.2, 0) is 9.53 Å². The van der Waals surface area contributed by atoms with Crippen LogP contribution in [0, 0.1) is 0 Å². The second-order valence-electron chi connectivity index (χ2n) is 6.09. The largest absolute Gasteiger partial charge is 0.368 e. The third kappa shape index (κ3) is 4.12. The van der Waals surface area contributed by atoms with Crippen LogP contribution in [0.15, 0.2) is 28.7 Å². The van der Waals surface area contributed by atoms with Gasteiger partial charge in [-0.2, -0.15) is 0 Å². The number of nitrogens with one attached hydrogen (secondary N) is 1. The van der Waals surface area contributed by atoms with E-state index in [1.54, 1.807) is 6.07 Å². The summed E-state index contributed by atoms with van der Waals surface area (Å²) in [7, 11) is 0. The highest BCUT2D eigenvalue weighted by Gasteiger charge is 2.31. The maximum absolute atomic E-state index is 12.3. The normalized spacial score (nSPS) is 22.1. The van der Waals surface area contributed by atoms with Crippen LogP contribution in [-0.4, -0.2) is 48.6 Å². The lowest BCUT2D eigenvalue weighted by molar-refractivity contribution is -0.142. The zero-order valence-corrected chi connectivity index (χ0v) is 14.5. The number of ether oxygens (including phenoxy) is 1. The van der Waals surface area contributed by atoms with E-state index in [1.807, 2.05) is 23.1 Å². The van der Waals surface area contributed by atoms with Crippen molar-refractivity contribution in [1.82, 2.24) is 10.2 Å². The first-order valence-corrected chi connectivity index (χ1v) is 8.89. The van der Waals surface area contributed by atoms with Gasteiger partial charge >= 0.3 is 0 Å². The molecule has 124 valence electrons. The van der Waals surface area contributed by atoms with E-state index >= 15 is 0 Å². The lowest BCUT2D eigenvalue weighted by Crippen LogP contribution is -2.49. The number of carbonyl (C=O) groups excluding carboxylic acids is 2. The average Bonchev–Trinajstić information content (AvgIpc) is 3.09. The molecule has 2 heterocycles. The van der Waals surface area contributed by atoms with Gasteiger partial charge in [-0.25, -0.2) is 0 Å². The van der Waals surface area contributed by atoms with E-state index < -0.39 is 0 Å². The fraction of sp³-hybridized carbons (Fsp3) is 0.529. The van der Waals surface area contributed by atoms with Gasteiger partial charge in [0.2, 0.25) is 0 Å². The summed E-state index contributed by atoms with van der Waals surface area (Å²) in [5.41, 5.74) is 0.650. The van der Waals surface area contributed by atoms with E-state index in [1.165, 1.54) is 0 Å². The highest BCUT2D eigenvalue weighted by atomic mass is 79.9. The number of nitrogens with zero attached hydrogens (tertiary/aromatic N) is 1. The third-order valence-corrected chi connectivity index (χ3v) is 4.93. The molecule has 0 bridgehead atoms. The molecule has 5 nitrogen and oxygen atoms in total. The van der Waals surface area contributed by atoms with Crippen molar-refractivity contribution in [2.45, 2.75) is 37.8 Å². The number of halogens is 1. The number of benzene rings is 1. The Bertz CT molecular complexity index is 579. The van der Waals surface area contributed by atoms with Crippen LogP contribution < -0.4 is 5.32 Å². The first-order chi connectivity index (χ1) is 11.1. The summed E-state index contributed by atoms with van der Waals surface area (Å²) in [6.45, 7) is 2.06. The standard InChI is InChI=1S/C17H21BrN2O3/c18-13-4-1-3-12(11-13)16(21)19-14-6-8-20(9-7-14)17(22)15-5-2-10-23-15/h1,3-4,11,14-15H,2,5-10H2,(H,19,21). The minimum Gasteiger partial charge on any atom is -0.368 e. The Kier molecular flexibility index (Phi) is 5.33. The summed E-state index contributed by atoms with van der Waals surface area (Å²) < 4.78 is 6.35. The number of carbonyl (C=O) groups is 2. The fourth-order valence-electron chi connectivity index (χ4n) is 3.12. The Balaban J connectivity index is 1.49. The third-order valence-electron chi connectivity index (χ3n) is 4.43. The van der Waals surface area contributed by atoms with Crippen molar-refractivity contribution in [3.63, 3.8) is 0 Å². The smallest absolute Gasteiger partial charge is 0.251 e. The predicted octanol–water partition coefficient (Wildman–Crippen LogP) is 2.35. The first-order valence-electron chi connectivity index (χ1n) is 8.10. The molecule has 2 amide bonds. The van der Waals surface area contributed by atoms with Gasteiger partial charge in [0, 0.05) is 35.8 Å². The molecule has 6 heteroatoms. The van der Waals surface area contributed by atoms with Crippen LogP contribution in [0.25, 0.3) is 0 Å². The average molecular weight is 381 g/mol. The monoisotopic (exact) mass is 380 g/mol. The molecule has 0 spiro atoms. The molecule has 1 N–H and O–H groups in total. The van der Waals surface area contributed by atoms with E-state index in [0.717, 1.165) is 30.2 Å². The van der Waals surface area contributed by atoms with Gasteiger partial charge in [0.05, 0.1) is 0 Å². The van der Waals surface area contributed by atoms with Crippen molar-refractivity contribution in [2.75, 3.05) is 19.7 Å². The summed E-state index contributed by atoms with van der Waals surface area (Å²) in [6, 6.07) is 7.48. The molecule has 2 aliphatic rings. The molecule has 2 aliphatic heterocycles. The molecule has 0 aliphatic carbocycles. The molecule has 3 rings (SSSR count). The highest BCUT2D eigenvalue weighted by Crippen LogP contribution is 2.19. The predicted molar refractivity (Wildman–Crippen MR) is 90.2 cm³/mol. The van der Waals surface area contributed by atoms with Crippen molar-refractivity contribution in [2.24, 2.45) is 0 Å². The van der Waals surface area contributed by atoms with Crippen molar-refractivity contribution in [3.05, 3.63) is 34.3 Å². The van der Waals surface area contributed by atoms with E-state index in [-0.39, 0.29) is 24.0 Å². The first kappa shape index (κ1) is 16.5. The Morgan fingerprint density at radius 3 is 2.65 bits per heavy atom. The second-order valence-corrected chi connectivity index (χ2v) is 7.00. The molecule has 1 atom stereocenters. The molecule has 2 saturated heterocycles. The topological polar surface area (TPSA) is 58.6 Å². The van der Waals surface area contributed by atoms with Gasteiger partial charge in [0.15, 0.2) is 0 Å². The fourth-order valence-corrected chi connectivity index (χ4v) is 3.52. The molecule has 2 fully saturated rings. The molecular weight excluding hydrogens is 360 g/mol. The molecule has 0 radical (unpaired) electrons. The molecular formula is C17H21BrN2O3. The number of likely N-dealkylation sites (tertiary alicyclic amines) is 1. The van der Waals surface area contributed by atoms with Crippen LogP contribution in [0.2, 0.25) is 0 Å². The van der Waals surface area contributed by atoms with Gasteiger partial charge in [-0.3, -0.25) is 9.59 Å². The lowest BCUT2D eigenvalue weighted by atomic mass is 10.0. The maximum Gasteiger partial charge on any atom is 0.251 e. The quantitative estimate of drug-likeness (QED) is 0.875. The molecule has 1 unspecified atom stereocenters. The van der Waals surface area contributed by atoms with Crippen molar-refractivity contribution >= 4 is 27.7 Å². The number of piperidine rings is 1. The summed E-state index contributed by atoms with van der Waals surface area (Å²) in [5, 5.41) is 3.06. The zero-order chi connectivity index (χ0) is 16.2. The Morgan fingerprint density at radius 2 is 2.00 bits per heavy atom. The van der Waals surface area contributed by atoms with Crippen LogP contribution in [0.4, 0.5) is 0 Å². The van der Waals surface area contributed by atoms with Crippen molar-refractivity contribution in [3.8, 4) is 0 Å². The SMILES string of the molecule is O=C(NC1CCN(C(=O)C2CCCO2)CC1)c1cccc(Br)c1. The molecule has 0 aromatic heterocycles. The van der Waals surface area contributed by atoms with Crippen LogP contribution in [0.5, 0.6) is 0 Å². The van der Waals surface area contributed by atoms with E-state index in [9.17, 15) is 9.59 Å². The summed E-state index contributed by atoms with van der Waals surface area (Å²) in [4.78, 5) is 26.4. The minimum absolute atomic E-state index is 0.0600. The Labute approximate surface area is 144 Å². The summed E-state index contributed by atoms with van der Waals surface area (Å²) in [5.74, 6) is 0.0504. The van der Waals surface area contributed by atoms with Crippen molar-refractivity contribution < 1.29 is 14.3 Å². The van der Waals surface area contributed by atoms with Crippen LogP contribution in [0.3, 0.4) is 0 Å². The van der Waals surface area contributed by atoms with E-state index in [4.69, 9.17) is 4.74 Å². The zero-order valence-electron chi connectivity index (χ0n) is 13.0. The maximum atomic E-state index is 12.3. The molecule has 0 saturated carbocycles. The van der Waals surface area contributed by atoms with Gasteiger partial charge in [0.25, 0.3) is 11.8 Å². The lowest BCUT2D eigenvalue weighted by Gasteiger charge is -2.33. The Hall–Kier alpha value is -1.40. The minimum atomic E-state index is -0.247. The molecule has 23 heavy (non-hydrogen) atoms. The number of hydrogen-bond acceptors (Lipinski definition) is 3. The van der Waals surface area contributed by atoms with E-state index in [2.05, 4.69) is 21.2 Å². The van der Waals surface area contributed by atoms with Gasteiger partial charge in [0.1, 0.15) is 6.10 Å². The van der Waals surface area contributed by atoms with Gasteiger partial charge in [-0.15, -0.1) is 0 Å². The molecule has 1 aromatic carbocycles. The molecule has 1 aromatic rings. The summed E-state index contributed by atoms with van der Waals surface area (Å²) >= 11 is 3.38. The van der Waals surface area contributed by atoms with E-state index in [0.29, 0.717) is 25.3 Å². The summed E-state index contributed by atoms with van der Waals surface area (Å²) in [6.07, 6.45) is 3.13. The van der Waals surface area contributed by atoms with Gasteiger partial charge in [-0.1, -0.05) is 22.0 Å². The van der Waals surface area contributed by atoms with Crippen LogP contribution in [0.1, 0.15) is 36.0 Å². The Morgan fingerprint density at radius 1 is 1.22 bits per heavy atom. The number of amides is 2. The highest BCUT2D eigenvalue weighted by molar-refractivity contribution is 9.10. The van der Waals surface area contributed by atoms with Crippen LogP contribution >= 0.6 is 15.9 Å². The number of hydrogen-bond donors (Lipinski definition) is 1. The second kappa shape index (κ2) is 7.45. The van der Waals surface area contributed by atoms with Gasteiger partial charge in [-0.05, 0) is 43.9 Å². The van der Waals surface area contributed by atoms with Gasteiger partial charge < -0.3 is 15.0 Å².